The average Bonchev–Trinajstić information content (AvgIpc) is 2.70. The number of para-hydroxylation sites is 1. The van der Waals surface area contributed by atoms with Gasteiger partial charge < -0.3 is 4.90 Å². The minimum Gasteiger partial charge on any atom is -0.373 e. The van der Waals surface area contributed by atoms with Gasteiger partial charge in [-0.15, -0.1) is 0 Å². The molecule has 1 aliphatic heterocycles. The van der Waals surface area contributed by atoms with Crippen LogP contribution in [0.2, 0.25) is 0 Å². The molecule has 1 aromatic carbocycles. The van der Waals surface area contributed by atoms with Gasteiger partial charge in [-0.2, -0.15) is 0 Å². The molecule has 0 spiro atoms. The highest BCUT2D eigenvalue weighted by Gasteiger charge is 2.23. The van der Waals surface area contributed by atoms with E-state index in [2.05, 4.69) is 61.9 Å². The van der Waals surface area contributed by atoms with Crippen LogP contribution in [0.4, 0.5) is 5.69 Å². The van der Waals surface area contributed by atoms with E-state index in [0.717, 1.165) is 49.4 Å². The number of aliphatic imine (C=N–C) groups is 1. The molecule has 1 atom stereocenters. The van der Waals surface area contributed by atoms with Crippen LogP contribution in [-0.4, -0.2) is 47.7 Å². The molecule has 3 nitrogen and oxygen atoms in total. The first-order valence-corrected chi connectivity index (χ1v) is 10.9. The van der Waals surface area contributed by atoms with Gasteiger partial charge in [0.25, 0.3) is 0 Å². The van der Waals surface area contributed by atoms with E-state index in [1.165, 1.54) is 37.1 Å². The second-order valence-corrected chi connectivity index (χ2v) is 8.13. The number of piperazine rings is 1. The van der Waals surface area contributed by atoms with Crippen LogP contribution in [0.25, 0.3) is 5.57 Å². The molecular formula is C25H39N3. The van der Waals surface area contributed by atoms with E-state index in [1.54, 1.807) is 0 Å². The van der Waals surface area contributed by atoms with Crippen LogP contribution in [0.5, 0.6) is 0 Å². The first kappa shape index (κ1) is 22.4. The van der Waals surface area contributed by atoms with Crippen molar-refractivity contribution in [3.63, 3.8) is 0 Å². The summed E-state index contributed by atoms with van der Waals surface area (Å²) in [5.74, 6) is 0. The van der Waals surface area contributed by atoms with Crippen LogP contribution < -0.4 is 0 Å². The lowest BCUT2D eigenvalue weighted by molar-refractivity contribution is 0.144. The molecule has 1 aromatic rings. The normalized spacial score (nSPS) is 16.9. The van der Waals surface area contributed by atoms with Crippen molar-refractivity contribution >= 4 is 17.0 Å². The van der Waals surface area contributed by atoms with Crippen LogP contribution in [0.1, 0.15) is 65.4 Å². The zero-order valence-corrected chi connectivity index (χ0v) is 18.5. The maximum absolute atomic E-state index is 4.95. The van der Waals surface area contributed by atoms with Crippen molar-refractivity contribution in [3.8, 4) is 0 Å². The summed E-state index contributed by atoms with van der Waals surface area (Å²) in [6.45, 7) is 21.5. The predicted molar refractivity (Wildman–Crippen MR) is 124 cm³/mol. The average molecular weight is 382 g/mol. The zero-order chi connectivity index (χ0) is 20.5. The fourth-order valence-electron chi connectivity index (χ4n) is 3.82. The molecule has 1 fully saturated rings. The molecule has 2 rings (SSSR count). The summed E-state index contributed by atoms with van der Waals surface area (Å²) in [7, 11) is 0. The van der Waals surface area contributed by atoms with Gasteiger partial charge in [-0.1, -0.05) is 57.5 Å². The van der Waals surface area contributed by atoms with Crippen molar-refractivity contribution in [3.05, 3.63) is 48.7 Å². The van der Waals surface area contributed by atoms with E-state index in [-0.39, 0.29) is 0 Å². The standard InChI is InChI=1S/C25H39N3/c1-7-8-9-10-13-21(4)27-16-18-28(19-17-27)23(6)22(5)26-25-15-12-11-14-24(25)20(2)3/h11-12,14-15,23H,2,4,7-10,13,16-19H2,1,3,5-6H3. The minimum atomic E-state index is 0.346. The summed E-state index contributed by atoms with van der Waals surface area (Å²) >= 11 is 0. The molecule has 0 bridgehead atoms. The number of hydrogen-bond acceptors (Lipinski definition) is 3. The van der Waals surface area contributed by atoms with Gasteiger partial charge in [-0.25, -0.2) is 0 Å². The van der Waals surface area contributed by atoms with E-state index in [9.17, 15) is 0 Å². The van der Waals surface area contributed by atoms with Crippen LogP contribution in [0, 0.1) is 0 Å². The van der Waals surface area contributed by atoms with E-state index in [0.29, 0.717) is 6.04 Å². The van der Waals surface area contributed by atoms with E-state index >= 15 is 0 Å². The maximum Gasteiger partial charge on any atom is 0.0704 e. The first-order valence-electron chi connectivity index (χ1n) is 10.9. The maximum atomic E-state index is 4.95. The van der Waals surface area contributed by atoms with Crippen molar-refractivity contribution in [1.29, 1.82) is 0 Å². The molecule has 1 heterocycles. The number of benzene rings is 1. The molecule has 0 aliphatic carbocycles. The summed E-state index contributed by atoms with van der Waals surface area (Å²) in [5.41, 5.74) is 5.72. The van der Waals surface area contributed by atoms with E-state index < -0.39 is 0 Å². The molecular weight excluding hydrogens is 342 g/mol. The van der Waals surface area contributed by atoms with Gasteiger partial charge in [0.05, 0.1) is 5.69 Å². The Morgan fingerprint density at radius 2 is 1.71 bits per heavy atom. The largest absolute Gasteiger partial charge is 0.373 e. The Labute approximate surface area is 172 Å². The predicted octanol–water partition coefficient (Wildman–Crippen LogP) is 6.30. The second-order valence-electron chi connectivity index (χ2n) is 8.13. The first-order chi connectivity index (χ1) is 13.4. The lowest BCUT2D eigenvalue weighted by Gasteiger charge is -2.40. The third-order valence-corrected chi connectivity index (χ3v) is 5.89. The van der Waals surface area contributed by atoms with Gasteiger partial charge in [-0.3, -0.25) is 9.89 Å². The molecule has 1 aliphatic rings. The molecule has 0 aromatic heterocycles. The fraction of sp³-hybridized carbons (Fsp3) is 0.560. The zero-order valence-electron chi connectivity index (χ0n) is 18.5. The lowest BCUT2D eigenvalue weighted by Crippen LogP contribution is -2.50. The van der Waals surface area contributed by atoms with Gasteiger partial charge in [-0.05, 0) is 45.3 Å². The highest BCUT2D eigenvalue weighted by atomic mass is 15.3. The quantitative estimate of drug-likeness (QED) is 0.350. The van der Waals surface area contributed by atoms with E-state index in [1.807, 2.05) is 13.0 Å². The Morgan fingerprint density at radius 1 is 1.04 bits per heavy atom. The van der Waals surface area contributed by atoms with Crippen molar-refractivity contribution in [2.45, 2.75) is 65.8 Å². The van der Waals surface area contributed by atoms with Crippen molar-refractivity contribution < 1.29 is 0 Å². The number of hydrogen-bond donors (Lipinski definition) is 0. The van der Waals surface area contributed by atoms with Gasteiger partial charge >= 0.3 is 0 Å². The Bertz CT molecular complexity index is 681. The van der Waals surface area contributed by atoms with E-state index in [4.69, 9.17) is 4.99 Å². The Morgan fingerprint density at radius 3 is 2.36 bits per heavy atom. The SMILES string of the molecule is C=C(C)c1ccccc1N=C(C)C(C)N1CCN(C(=C)CCCCCC)CC1. The van der Waals surface area contributed by atoms with Gasteiger partial charge in [0, 0.05) is 49.2 Å². The van der Waals surface area contributed by atoms with Crippen molar-refractivity contribution in [2.24, 2.45) is 4.99 Å². The molecule has 0 N–H and O–H groups in total. The third-order valence-electron chi connectivity index (χ3n) is 5.89. The number of nitrogens with zero attached hydrogens (tertiary/aromatic N) is 3. The highest BCUT2D eigenvalue weighted by Crippen LogP contribution is 2.26. The van der Waals surface area contributed by atoms with Crippen molar-refractivity contribution in [2.75, 3.05) is 26.2 Å². The monoisotopic (exact) mass is 381 g/mol. The Balaban J connectivity index is 1.90. The fourth-order valence-corrected chi connectivity index (χ4v) is 3.82. The Kier molecular flexibility index (Phi) is 8.98. The lowest BCUT2D eigenvalue weighted by atomic mass is 10.1. The van der Waals surface area contributed by atoms with Crippen LogP contribution in [0.3, 0.4) is 0 Å². The smallest absolute Gasteiger partial charge is 0.0704 e. The topological polar surface area (TPSA) is 18.8 Å². The number of allylic oxidation sites excluding steroid dienone is 2. The summed E-state index contributed by atoms with van der Waals surface area (Å²) in [6.07, 6.45) is 6.38. The molecule has 0 radical (unpaired) electrons. The van der Waals surface area contributed by atoms with Crippen LogP contribution in [-0.2, 0) is 0 Å². The third kappa shape index (κ3) is 6.34. The molecule has 3 heteroatoms. The molecule has 28 heavy (non-hydrogen) atoms. The molecule has 154 valence electrons. The second kappa shape index (κ2) is 11.2. The number of unbranched alkanes of at least 4 members (excludes halogenated alkanes) is 3. The van der Waals surface area contributed by atoms with Gasteiger partial charge in [0.2, 0.25) is 0 Å². The summed E-state index contributed by atoms with van der Waals surface area (Å²) in [4.78, 5) is 9.98. The summed E-state index contributed by atoms with van der Waals surface area (Å²) < 4.78 is 0. The van der Waals surface area contributed by atoms with Gasteiger partial charge in [0.1, 0.15) is 0 Å². The molecule has 0 amide bonds. The number of rotatable bonds is 10. The van der Waals surface area contributed by atoms with Crippen molar-refractivity contribution in [1.82, 2.24) is 9.80 Å². The minimum absolute atomic E-state index is 0.346. The van der Waals surface area contributed by atoms with Crippen LogP contribution >= 0.6 is 0 Å². The molecule has 1 unspecified atom stereocenters. The van der Waals surface area contributed by atoms with Crippen LogP contribution in [0.15, 0.2) is 48.1 Å². The Hall–Kier alpha value is -1.87. The summed E-state index contributed by atoms with van der Waals surface area (Å²) in [5, 5.41) is 0. The molecule has 1 saturated heterocycles. The summed E-state index contributed by atoms with van der Waals surface area (Å²) in [6, 6.07) is 8.63. The highest BCUT2D eigenvalue weighted by molar-refractivity contribution is 5.90. The molecule has 0 saturated carbocycles. The van der Waals surface area contributed by atoms with Gasteiger partial charge in [0.15, 0.2) is 0 Å².